The van der Waals surface area contributed by atoms with Crippen molar-refractivity contribution in [2.45, 2.75) is 28.8 Å². The second kappa shape index (κ2) is 5.35. The van der Waals surface area contributed by atoms with Gasteiger partial charge in [0.05, 0.1) is 15.8 Å². The molecule has 0 bridgehead atoms. The first-order valence-corrected chi connectivity index (χ1v) is 8.91. The average molecular weight is 312 g/mol. The van der Waals surface area contributed by atoms with Crippen LogP contribution in [-0.2, 0) is 0 Å². The number of thiophene rings is 1. The Bertz CT molecular complexity index is 781. The van der Waals surface area contributed by atoms with Crippen LogP contribution in [0.1, 0.15) is 24.9 Å². The van der Waals surface area contributed by atoms with Gasteiger partial charge in [-0.15, -0.1) is 23.1 Å². The predicted octanol–water partition coefficient (Wildman–Crippen LogP) is 5.33. The molecule has 4 heteroatoms. The number of nitrogens with zero attached hydrogens (tertiary/aromatic N) is 1. The van der Waals surface area contributed by atoms with Crippen molar-refractivity contribution in [3.8, 4) is 0 Å². The van der Waals surface area contributed by atoms with Crippen LogP contribution in [0.15, 0.2) is 52.2 Å². The highest BCUT2D eigenvalue weighted by molar-refractivity contribution is 8.01. The van der Waals surface area contributed by atoms with Crippen LogP contribution in [-0.4, -0.2) is 10.2 Å². The van der Waals surface area contributed by atoms with Crippen molar-refractivity contribution in [2.24, 2.45) is 0 Å². The monoisotopic (exact) mass is 312 g/mol. The smallest absolute Gasteiger partial charge is 0.0703 e. The second-order valence-corrected chi connectivity index (χ2v) is 8.06. The van der Waals surface area contributed by atoms with Crippen molar-refractivity contribution >= 4 is 39.7 Å². The quantitative estimate of drug-likeness (QED) is 0.692. The van der Waals surface area contributed by atoms with Gasteiger partial charge in [-0.05, 0) is 47.7 Å². The van der Waals surface area contributed by atoms with E-state index < -0.39 is 0 Å². The molecule has 0 aliphatic carbocycles. The molecule has 0 amide bonds. The third-order valence-electron chi connectivity index (χ3n) is 3.85. The average Bonchev–Trinajstić information content (AvgIpc) is 2.95. The lowest BCUT2D eigenvalue weighted by molar-refractivity contribution is 0.670. The molecule has 1 unspecified atom stereocenters. The maximum absolute atomic E-state index is 4.38. The number of thioether (sulfide) groups is 1. The number of fused-ring (bicyclic) bond motifs is 2. The summed E-state index contributed by atoms with van der Waals surface area (Å²) in [6, 6.07) is 13.2. The van der Waals surface area contributed by atoms with Crippen molar-refractivity contribution in [3.05, 3.63) is 53.5 Å². The van der Waals surface area contributed by atoms with E-state index in [0.717, 1.165) is 5.52 Å². The van der Waals surface area contributed by atoms with E-state index in [1.165, 1.54) is 27.3 Å². The van der Waals surface area contributed by atoms with E-state index in [2.05, 4.69) is 52.9 Å². The summed E-state index contributed by atoms with van der Waals surface area (Å²) in [7, 11) is 0. The molecule has 1 aliphatic rings. The molecule has 0 radical (unpaired) electrons. The lowest BCUT2D eigenvalue weighted by Crippen LogP contribution is -2.18. The van der Waals surface area contributed by atoms with Crippen LogP contribution in [0.25, 0.3) is 10.9 Å². The van der Waals surface area contributed by atoms with Crippen LogP contribution in [0.3, 0.4) is 0 Å². The van der Waals surface area contributed by atoms with E-state index in [0.29, 0.717) is 11.3 Å². The Morgan fingerprint density at radius 2 is 2.19 bits per heavy atom. The molecule has 2 atom stereocenters. The lowest BCUT2D eigenvalue weighted by atomic mass is 10.0. The minimum atomic E-state index is 0.414. The van der Waals surface area contributed by atoms with Gasteiger partial charge in [0.2, 0.25) is 0 Å². The number of hydrogen-bond donors (Lipinski definition) is 1. The standard InChI is InChI=1S/C17H16N2S2/c1-11-9-16(14-6-8-20-17(14)21-11)19-13-4-5-15-12(10-13)3-2-7-18-15/h2-8,10-11,16,19H,9H2,1H3/t11-,16?/m0/s1. The first kappa shape index (κ1) is 13.2. The molecule has 1 N–H and O–H groups in total. The summed E-state index contributed by atoms with van der Waals surface area (Å²) in [5.41, 5.74) is 3.68. The Hall–Kier alpha value is -1.52. The third kappa shape index (κ3) is 2.54. The molecule has 3 heterocycles. The van der Waals surface area contributed by atoms with Crippen LogP contribution in [0.2, 0.25) is 0 Å². The molecule has 3 aromatic rings. The van der Waals surface area contributed by atoms with E-state index in [-0.39, 0.29) is 0 Å². The Morgan fingerprint density at radius 3 is 3.14 bits per heavy atom. The third-order valence-corrected chi connectivity index (χ3v) is 6.20. The summed E-state index contributed by atoms with van der Waals surface area (Å²) in [6.45, 7) is 2.31. The van der Waals surface area contributed by atoms with Crippen LogP contribution in [0.4, 0.5) is 5.69 Å². The Morgan fingerprint density at radius 1 is 1.24 bits per heavy atom. The van der Waals surface area contributed by atoms with Crippen molar-refractivity contribution in [1.82, 2.24) is 4.98 Å². The highest BCUT2D eigenvalue weighted by Gasteiger charge is 2.26. The number of pyridine rings is 1. The summed E-state index contributed by atoms with van der Waals surface area (Å²) in [5, 5.41) is 7.76. The molecule has 4 rings (SSSR count). The molecule has 2 nitrogen and oxygen atoms in total. The maximum atomic E-state index is 4.38. The van der Waals surface area contributed by atoms with Crippen LogP contribution < -0.4 is 5.32 Å². The first-order valence-electron chi connectivity index (χ1n) is 7.15. The molecular formula is C17H16N2S2. The molecule has 2 aromatic heterocycles. The topological polar surface area (TPSA) is 24.9 Å². The van der Waals surface area contributed by atoms with Gasteiger partial charge in [-0.2, -0.15) is 0 Å². The number of anilines is 1. The molecule has 1 aromatic carbocycles. The van der Waals surface area contributed by atoms with Gasteiger partial charge in [0.25, 0.3) is 0 Å². The Balaban J connectivity index is 1.66. The fourth-order valence-electron chi connectivity index (χ4n) is 2.85. The zero-order valence-electron chi connectivity index (χ0n) is 11.7. The van der Waals surface area contributed by atoms with E-state index in [1.54, 1.807) is 0 Å². The van der Waals surface area contributed by atoms with E-state index in [9.17, 15) is 0 Å². The van der Waals surface area contributed by atoms with Gasteiger partial charge in [-0.25, -0.2) is 0 Å². The van der Waals surface area contributed by atoms with E-state index in [1.807, 2.05) is 35.4 Å². The fourth-order valence-corrected chi connectivity index (χ4v) is 5.42. The summed E-state index contributed by atoms with van der Waals surface area (Å²) in [6.07, 6.45) is 3.01. The molecular weight excluding hydrogens is 296 g/mol. The SMILES string of the molecule is C[C@H]1CC(Nc2ccc3ncccc3c2)c2ccsc2S1. The van der Waals surface area contributed by atoms with Gasteiger partial charge in [-0.1, -0.05) is 13.0 Å². The molecule has 0 saturated heterocycles. The van der Waals surface area contributed by atoms with Gasteiger partial charge in [-0.3, -0.25) is 4.98 Å². The fraction of sp³-hybridized carbons (Fsp3) is 0.235. The summed E-state index contributed by atoms with van der Waals surface area (Å²) < 4.78 is 1.47. The van der Waals surface area contributed by atoms with Crippen LogP contribution >= 0.6 is 23.1 Å². The molecule has 0 fully saturated rings. The number of hydrogen-bond acceptors (Lipinski definition) is 4. The van der Waals surface area contributed by atoms with Crippen LogP contribution in [0, 0.1) is 0 Å². The van der Waals surface area contributed by atoms with Crippen LogP contribution in [0.5, 0.6) is 0 Å². The zero-order valence-corrected chi connectivity index (χ0v) is 13.4. The number of aromatic nitrogens is 1. The first-order chi connectivity index (χ1) is 10.3. The minimum Gasteiger partial charge on any atom is -0.378 e. The molecule has 0 spiro atoms. The van der Waals surface area contributed by atoms with Gasteiger partial charge in [0, 0.05) is 22.5 Å². The number of nitrogens with one attached hydrogen (secondary N) is 1. The normalized spacial score (nSPS) is 21.2. The molecule has 1 aliphatic heterocycles. The largest absolute Gasteiger partial charge is 0.378 e. The maximum Gasteiger partial charge on any atom is 0.0703 e. The zero-order chi connectivity index (χ0) is 14.2. The molecule has 106 valence electrons. The van der Waals surface area contributed by atoms with Crippen molar-refractivity contribution in [2.75, 3.05) is 5.32 Å². The number of rotatable bonds is 2. The minimum absolute atomic E-state index is 0.414. The van der Waals surface area contributed by atoms with E-state index >= 15 is 0 Å². The summed E-state index contributed by atoms with van der Waals surface area (Å²) in [4.78, 5) is 4.38. The summed E-state index contributed by atoms with van der Waals surface area (Å²) in [5.74, 6) is 0. The van der Waals surface area contributed by atoms with Gasteiger partial charge in [0.1, 0.15) is 0 Å². The van der Waals surface area contributed by atoms with Gasteiger partial charge < -0.3 is 5.32 Å². The molecule has 21 heavy (non-hydrogen) atoms. The van der Waals surface area contributed by atoms with Crippen molar-refractivity contribution < 1.29 is 0 Å². The highest BCUT2D eigenvalue weighted by atomic mass is 32.2. The second-order valence-electron chi connectivity index (χ2n) is 5.44. The summed E-state index contributed by atoms with van der Waals surface area (Å²) >= 11 is 3.86. The van der Waals surface area contributed by atoms with Gasteiger partial charge >= 0.3 is 0 Å². The lowest BCUT2D eigenvalue weighted by Gasteiger charge is -2.28. The van der Waals surface area contributed by atoms with Crippen molar-refractivity contribution in [1.29, 1.82) is 0 Å². The molecule has 0 saturated carbocycles. The Kier molecular flexibility index (Phi) is 3.36. The highest BCUT2D eigenvalue weighted by Crippen LogP contribution is 2.44. The van der Waals surface area contributed by atoms with E-state index in [4.69, 9.17) is 0 Å². The Labute approximate surface area is 132 Å². The predicted molar refractivity (Wildman–Crippen MR) is 92.4 cm³/mol. The van der Waals surface area contributed by atoms with Crippen molar-refractivity contribution in [3.63, 3.8) is 0 Å². The number of benzene rings is 1. The van der Waals surface area contributed by atoms with Gasteiger partial charge in [0.15, 0.2) is 0 Å².